The molecular formula is C26H47NO10Si. The van der Waals surface area contributed by atoms with Crippen LogP contribution in [0.3, 0.4) is 0 Å². The normalized spacial score (nSPS) is 12.1. The maximum atomic E-state index is 10.6. The van der Waals surface area contributed by atoms with Crippen LogP contribution in [0.15, 0.2) is 24.3 Å². The van der Waals surface area contributed by atoms with Crippen molar-refractivity contribution in [2.45, 2.75) is 38.9 Å². The summed E-state index contributed by atoms with van der Waals surface area (Å²) in [5.74, 6) is 0.563. The molecule has 0 heterocycles. The van der Waals surface area contributed by atoms with Crippen molar-refractivity contribution in [3.05, 3.63) is 34.4 Å². The van der Waals surface area contributed by atoms with Crippen LogP contribution in [0.5, 0.6) is 5.75 Å². The Kier molecular flexibility index (Phi) is 18.4. The van der Waals surface area contributed by atoms with Crippen LogP contribution < -0.4 is 4.74 Å². The van der Waals surface area contributed by atoms with Crippen LogP contribution in [0.4, 0.5) is 5.69 Å². The second-order valence-corrected chi connectivity index (χ2v) is 14.7. The molecule has 0 atom stereocenters. The van der Waals surface area contributed by atoms with Gasteiger partial charge in [0.25, 0.3) is 5.69 Å². The van der Waals surface area contributed by atoms with E-state index in [0.29, 0.717) is 98.2 Å². The molecule has 0 bridgehead atoms. The Bertz CT molecular complexity index is 728. The van der Waals surface area contributed by atoms with Gasteiger partial charge in [0.05, 0.1) is 90.8 Å². The van der Waals surface area contributed by atoms with Crippen LogP contribution in [0.25, 0.3) is 0 Å². The molecule has 220 valence electrons. The van der Waals surface area contributed by atoms with Crippen LogP contribution >= 0.6 is 0 Å². The average Bonchev–Trinajstić information content (AvgIpc) is 2.86. The number of nitrogens with zero attached hydrogens (tertiary/aromatic N) is 1. The first-order valence-corrected chi connectivity index (χ1v) is 16.0. The van der Waals surface area contributed by atoms with Gasteiger partial charge in [-0.25, -0.2) is 0 Å². The third-order valence-corrected chi connectivity index (χ3v) is 10.4. The highest BCUT2D eigenvalue weighted by Gasteiger charge is 2.36. The van der Waals surface area contributed by atoms with Crippen molar-refractivity contribution in [1.82, 2.24) is 0 Å². The standard InChI is InChI=1S/C26H47NO10Si/c1-26(2,3)38(4,5)37-23-21-35-19-17-33-15-13-31-11-10-30-12-14-32-16-18-34-20-22-36-25-8-6-24(7-9-25)27(28)29/h6-9H,10-23H2,1-5H3. The van der Waals surface area contributed by atoms with Crippen molar-refractivity contribution in [2.75, 3.05) is 92.5 Å². The third kappa shape index (κ3) is 17.0. The number of non-ortho nitro benzene ring substituents is 1. The van der Waals surface area contributed by atoms with Gasteiger partial charge < -0.3 is 37.6 Å². The molecule has 0 unspecified atom stereocenters. The van der Waals surface area contributed by atoms with Crippen LogP contribution in [0.2, 0.25) is 18.1 Å². The van der Waals surface area contributed by atoms with Gasteiger partial charge in [-0.15, -0.1) is 0 Å². The summed E-state index contributed by atoms with van der Waals surface area (Å²) in [6.45, 7) is 18.1. The second kappa shape index (κ2) is 20.3. The summed E-state index contributed by atoms with van der Waals surface area (Å²) >= 11 is 0. The summed E-state index contributed by atoms with van der Waals surface area (Å²) in [4.78, 5) is 10.2. The third-order valence-electron chi connectivity index (χ3n) is 5.90. The van der Waals surface area contributed by atoms with Crippen molar-refractivity contribution in [3.63, 3.8) is 0 Å². The lowest BCUT2D eigenvalue weighted by Gasteiger charge is -2.36. The number of hydrogen-bond acceptors (Lipinski definition) is 10. The highest BCUT2D eigenvalue weighted by Crippen LogP contribution is 2.36. The minimum absolute atomic E-state index is 0.0312. The number of rotatable bonds is 24. The average molecular weight is 562 g/mol. The Morgan fingerprint density at radius 2 is 0.974 bits per heavy atom. The number of nitro groups is 1. The Labute approximate surface area is 228 Å². The lowest BCUT2D eigenvalue weighted by molar-refractivity contribution is -0.384. The van der Waals surface area contributed by atoms with Gasteiger partial charge in [-0.2, -0.15) is 0 Å². The van der Waals surface area contributed by atoms with Crippen LogP contribution in [-0.4, -0.2) is 106 Å². The fraction of sp³-hybridized carbons (Fsp3) is 0.769. The smallest absolute Gasteiger partial charge is 0.269 e. The van der Waals surface area contributed by atoms with E-state index in [1.165, 1.54) is 12.1 Å². The van der Waals surface area contributed by atoms with E-state index in [-0.39, 0.29) is 10.7 Å². The van der Waals surface area contributed by atoms with E-state index < -0.39 is 13.2 Å². The number of nitro benzene ring substituents is 1. The summed E-state index contributed by atoms with van der Waals surface area (Å²) in [6.07, 6.45) is 0. The first kappa shape index (κ1) is 34.4. The molecule has 0 aliphatic carbocycles. The Hall–Kier alpha value is -1.64. The molecule has 0 saturated heterocycles. The molecule has 11 nitrogen and oxygen atoms in total. The van der Waals surface area contributed by atoms with E-state index in [9.17, 15) is 10.1 Å². The van der Waals surface area contributed by atoms with E-state index in [1.54, 1.807) is 12.1 Å². The minimum Gasteiger partial charge on any atom is -0.491 e. The summed E-state index contributed by atoms with van der Waals surface area (Å²) < 4.78 is 44.4. The summed E-state index contributed by atoms with van der Waals surface area (Å²) in [5.41, 5.74) is 0.0312. The molecule has 0 radical (unpaired) electrons. The molecule has 0 N–H and O–H groups in total. The quantitative estimate of drug-likeness (QED) is 0.0790. The number of hydrogen-bond donors (Lipinski definition) is 0. The fourth-order valence-corrected chi connectivity index (χ4v) is 3.68. The molecule has 0 aliphatic rings. The molecule has 1 rings (SSSR count). The fourth-order valence-electron chi connectivity index (χ4n) is 2.66. The van der Waals surface area contributed by atoms with Gasteiger partial charge in [-0.3, -0.25) is 10.1 Å². The molecule has 0 aliphatic heterocycles. The highest BCUT2D eigenvalue weighted by atomic mass is 28.4. The van der Waals surface area contributed by atoms with Crippen molar-refractivity contribution < 1.29 is 42.5 Å². The SMILES string of the molecule is CC(C)(C)[Si](C)(C)OCCOCCOCCOCCOCCOCCOCCOc1ccc([N+](=O)[O-])cc1. The van der Waals surface area contributed by atoms with Crippen molar-refractivity contribution >= 4 is 14.0 Å². The topological polar surface area (TPSA) is 117 Å². The summed E-state index contributed by atoms with van der Waals surface area (Å²) in [7, 11) is -1.70. The zero-order valence-electron chi connectivity index (χ0n) is 23.7. The first-order valence-electron chi connectivity index (χ1n) is 13.1. The maximum Gasteiger partial charge on any atom is 0.269 e. The Balaban J connectivity index is 1.75. The van der Waals surface area contributed by atoms with Gasteiger partial charge in [0.2, 0.25) is 0 Å². The first-order chi connectivity index (χ1) is 18.1. The van der Waals surface area contributed by atoms with Crippen molar-refractivity contribution in [2.24, 2.45) is 0 Å². The number of ether oxygens (including phenoxy) is 7. The zero-order chi connectivity index (χ0) is 28.1. The monoisotopic (exact) mass is 561 g/mol. The van der Waals surface area contributed by atoms with Gasteiger partial charge in [0.1, 0.15) is 12.4 Å². The van der Waals surface area contributed by atoms with Gasteiger partial charge in [0.15, 0.2) is 8.32 Å². The minimum atomic E-state index is -1.70. The molecule has 0 spiro atoms. The largest absolute Gasteiger partial charge is 0.491 e. The van der Waals surface area contributed by atoms with Crippen LogP contribution in [-0.2, 0) is 32.8 Å². The summed E-state index contributed by atoms with van der Waals surface area (Å²) in [6, 6.07) is 5.93. The van der Waals surface area contributed by atoms with Crippen LogP contribution in [0.1, 0.15) is 20.8 Å². The van der Waals surface area contributed by atoms with E-state index in [1.807, 2.05) is 0 Å². The van der Waals surface area contributed by atoms with Crippen molar-refractivity contribution in [3.8, 4) is 5.75 Å². The molecule has 0 saturated carbocycles. The van der Waals surface area contributed by atoms with E-state index in [0.717, 1.165) is 0 Å². The van der Waals surface area contributed by atoms with Crippen molar-refractivity contribution in [1.29, 1.82) is 0 Å². The lowest BCUT2D eigenvalue weighted by Crippen LogP contribution is -2.41. The van der Waals surface area contributed by atoms with Gasteiger partial charge >= 0.3 is 0 Å². The van der Waals surface area contributed by atoms with E-state index in [2.05, 4.69) is 33.9 Å². The molecular weight excluding hydrogens is 514 g/mol. The Morgan fingerprint density at radius 3 is 1.32 bits per heavy atom. The second-order valence-electron chi connectivity index (χ2n) is 9.88. The predicted octanol–water partition coefficient (Wildman–Crippen LogP) is 4.10. The van der Waals surface area contributed by atoms with Gasteiger partial charge in [-0.05, 0) is 30.3 Å². The molecule has 0 fully saturated rings. The Morgan fingerprint density at radius 1 is 0.632 bits per heavy atom. The molecule has 12 heteroatoms. The predicted molar refractivity (Wildman–Crippen MR) is 147 cm³/mol. The lowest BCUT2D eigenvalue weighted by atomic mass is 10.2. The zero-order valence-corrected chi connectivity index (χ0v) is 24.7. The molecule has 0 aromatic heterocycles. The van der Waals surface area contributed by atoms with E-state index >= 15 is 0 Å². The molecule has 1 aromatic rings. The number of benzene rings is 1. The van der Waals surface area contributed by atoms with Gasteiger partial charge in [-0.1, -0.05) is 20.8 Å². The molecule has 1 aromatic carbocycles. The maximum absolute atomic E-state index is 10.6. The van der Waals surface area contributed by atoms with Crippen LogP contribution in [0, 0.1) is 10.1 Å². The molecule has 0 amide bonds. The highest BCUT2D eigenvalue weighted by molar-refractivity contribution is 6.74. The molecule has 38 heavy (non-hydrogen) atoms. The van der Waals surface area contributed by atoms with Gasteiger partial charge in [0, 0.05) is 12.1 Å². The van der Waals surface area contributed by atoms with E-state index in [4.69, 9.17) is 37.6 Å². The summed E-state index contributed by atoms with van der Waals surface area (Å²) in [5, 5.41) is 10.8.